The van der Waals surface area contributed by atoms with Crippen LogP contribution in [0, 0.1) is 16.3 Å². The Labute approximate surface area is 107 Å². The molecule has 0 unspecified atom stereocenters. The summed E-state index contributed by atoms with van der Waals surface area (Å²) in [6.45, 7) is 1.60. The molecule has 1 aromatic carbocycles. The number of hydrogen-bond acceptors (Lipinski definition) is 3. The quantitative estimate of drug-likeness (QED) is 0.562. The number of hydrogen-bond donors (Lipinski definition) is 1. The van der Waals surface area contributed by atoms with Gasteiger partial charge in [0.15, 0.2) is 5.82 Å². The maximum absolute atomic E-state index is 13.8. The van der Waals surface area contributed by atoms with Gasteiger partial charge in [-0.3, -0.25) is 0 Å². The number of aromatic nitrogens is 2. The summed E-state index contributed by atoms with van der Waals surface area (Å²) in [6.07, 6.45) is 0. The van der Waals surface area contributed by atoms with Crippen LogP contribution in [0.4, 0.5) is 4.39 Å². The summed E-state index contributed by atoms with van der Waals surface area (Å²) in [7, 11) is 0. The van der Waals surface area contributed by atoms with Gasteiger partial charge in [-0.25, -0.2) is 9.37 Å². The van der Waals surface area contributed by atoms with E-state index in [9.17, 15) is 9.50 Å². The van der Waals surface area contributed by atoms with Crippen molar-refractivity contribution in [2.45, 2.75) is 6.92 Å². The Hall–Kier alpha value is -0.500. The number of aromatic hydroxyl groups is 1. The zero-order valence-corrected chi connectivity index (χ0v) is 11.3. The number of halogens is 3. The zero-order valence-electron chi connectivity index (χ0n) is 7.55. The molecule has 0 saturated carbocycles. The van der Waals surface area contributed by atoms with E-state index in [1.807, 2.05) is 22.6 Å². The van der Waals surface area contributed by atoms with Crippen molar-refractivity contribution in [3.05, 3.63) is 25.8 Å². The van der Waals surface area contributed by atoms with Gasteiger partial charge >= 0.3 is 0 Å². The highest BCUT2D eigenvalue weighted by Crippen LogP contribution is 2.32. The maximum atomic E-state index is 13.8. The third-order valence-corrected chi connectivity index (χ3v) is 4.29. The Morgan fingerprint density at radius 2 is 2.13 bits per heavy atom. The first-order valence-electron chi connectivity index (χ1n) is 4.01. The van der Waals surface area contributed by atoms with E-state index in [1.54, 1.807) is 13.0 Å². The lowest BCUT2D eigenvalue weighted by Gasteiger charge is -2.05. The van der Waals surface area contributed by atoms with Gasteiger partial charge in [0.25, 0.3) is 0 Å². The highest BCUT2D eigenvalue weighted by molar-refractivity contribution is 14.1. The van der Waals surface area contributed by atoms with Crippen molar-refractivity contribution in [3.8, 4) is 5.88 Å². The van der Waals surface area contributed by atoms with Crippen LogP contribution in [0.15, 0.2) is 10.5 Å². The van der Waals surface area contributed by atoms with Crippen molar-refractivity contribution in [1.29, 1.82) is 0 Å². The second kappa shape index (κ2) is 3.82. The molecule has 2 rings (SSSR count). The van der Waals surface area contributed by atoms with Gasteiger partial charge < -0.3 is 5.11 Å². The van der Waals surface area contributed by atoms with Gasteiger partial charge in [0.1, 0.15) is 11.3 Å². The van der Waals surface area contributed by atoms with E-state index in [4.69, 9.17) is 0 Å². The number of fused-ring (bicyclic) bond motifs is 1. The number of benzene rings is 1. The Kier molecular flexibility index (Phi) is 2.80. The van der Waals surface area contributed by atoms with E-state index in [0.717, 1.165) is 0 Å². The topological polar surface area (TPSA) is 46.0 Å². The molecule has 1 aromatic heterocycles. The van der Waals surface area contributed by atoms with Crippen molar-refractivity contribution >= 4 is 49.4 Å². The predicted octanol–water partition coefficient (Wildman–Crippen LogP) is 3.15. The minimum Gasteiger partial charge on any atom is -0.493 e. The normalized spacial score (nSPS) is 10.9. The molecular formula is C9H5BrFIN2O. The number of nitrogens with zero attached hydrogens (tertiary/aromatic N) is 2. The molecule has 0 saturated heterocycles. The highest BCUT2D eigenvalue weighted by atomic mass is 127. The van der Waals surface area contributed by atoms with E-state index < -0.39 is 5.82 Å². The van der Waals surface area contributed by atoms with Crippen molar-refractivity contribution < 1.29 is 9.50 Å². The summed E-state index contributed by atoms with van der Waals surface area (Å²) < 4.78 is 14.8. The number of rotatable bonds is 0. The molecule has 0 aliphatic carbocycles. The lowest BCUT2D eigenvalue weighted by atomic mass is 10.2. The Balaban J connectivity index is 2.98. The van der Waals surface area contributed by atoms with E-state index in [-0.39, 0.29) is 11.4 Å². The van der Waals surface area contributed by atoms with Gasteiger partial charge in [-0.2, -0.15) is 4.98 Å². The van der Waals surface area contributed by atoms with Crippen LogP contribution in [0.2, 0.25) is 0 Å². The van der Waals surface area contributed by atoms with Crippen molar-refractivity contribution in [3.63, 3.8) is 0 Å². The molecule has 0 aliphatic rings. The monoisotopic (exact) mass is 382 g/mol. The van der Waals surface area contributed by atoms with E-state index in [0.29, 0.717) is 19.3 Å². The average Bonchev–Trinajstić information content (AvgIpc) is 2.17. The molecule has 1 N–H and O–H groups in total. The standard InChI is InChI=1S/C9H5BrFIN2O/c1-3-13-8-4(9(15)14-3)2-5(12)6(10)7(8)11/h2H,1H3,(H,13,14,15). The first kappa shape index (κ1) is 11.0. The van der Waals surface area contributed by atoms with Gasteiger partial charge in [0.05, 0.1) is 9.86 Å². The second-order valence-corrected chi connectivity index (χ2v) is 4.93. The predicted molar refractivity (Wildman–Crippen MR) is 66.3 cm³/mol. The van der Waals surface area contributed by atoms with E-state index in [1.165, 1.54) is 0 Å². The molecule has 0 aliphatic heterocycles. The molecule has 0 bridgehead atoms. The van der Waals surface area contributed by atoms with Crippen molar-refractivity contribution in [1.82, 2.24) is 9.97 Å². The van der Waals surface area contributed by atoms with Crippen LogP contribution >= 0.6 is 38.5 Å². The molecular weight excluding hydrogens is 378 g/mol. The van der Waals surface area contributed by atoms with Crippen LogP contribution in [0.25, 0.3) is 10.9 Å². The molecule has 0 fully saturated rings. The molecule has 15 heavy (non-hydrogen) atoms. The van der Waals surface area contributed by atoms with Crippen LogP contribution in [0.5, 0.6) is 5.88 Å². The van der Waals surface area contributed by atoms with Crippen LogP contribution in [0.1, 0.15) is 5.82 Å². The third kappa shape index (κ3) is 1.80. The summed E-state index contributed by atoms with van der Waals surface area (Å²) in [5.74, 6) is -0.327. The van der Waals surface area contributed by atoms with Gasteiger partial charge in [-0.05, 0) is 51.5 Å². The lowest BCUT2D eigenvalue weighted by molar-refractivity contribution is 0.457. The molecule has 0 radical (unpaired) electrons. The molecule has 78 valence electrons. The first-order chi connectivity index (χ1) is 7.00. The summed E-state index contributed by atoms with van der Waals surface area (Å²) in [5, 5.41) is 9.88. The molecule has 0 spiro atoms. The van der Waals surface area contributed by atoms with Crippen molar-refractivity contribution in [2.75, 3.05) is 0 Å². The molecule has 3 nitrogen and oxygen atoms in total. The van der Waals surface area contributed by atoms with Gasteiger partial charge in [-0.15, -0.1) is 0 Å². The highest BCUT2D eigenvalue weighted by Gasteiger charge is 2.14. The van der Waals surface area contributed by atoms with Gasteiger partial charge in [0.2, 0.25) is 5.88 Å². The van der Waals surface area contributed by atoms with Crippen LogP contribution in [-0.2, 0) is 0 Å². The average molecular weight is 383 g/mol. The summed E-state index contributed by atoms with van der Waals surface area (Å²) in [5.41, 5.74) is 0.132. The molecule has 0 atom stereocenters. The minimum absolute atomic E-state index is 0.132. The Morgan fingerprint density at radius 1 is 1.47 bits per heavy atom. The Bertz CT molecular complexity index is 562. The largest absolute Gasteiger partial charge is 0.493 e. The van der Waals surface area contributed by atoms with Crippen LogP contribution < -0.4 is 0 Å². The van der Waals surface area contributed by atoms with E-state index in [2.05, 4.69) is 25.9 Å². The fourth-order valence-corrected chi connectivity index (χ4v) is 2.12. The van der Waals surface area contributed by atoms with Gasteiger partial charge in [0, 0.05) is 3.57 Å². The van der Waals surface area contributed by atoms with Gasteiger partial charge in [-0.1, -0.05) is 0 Å². The summed E-state index contributed by atoms with van der Waals surface area (Å²) >= 11 is 5.09. The molecule has 0 amide bonds. The Morgan fingerprint density at radius 3 is 2.80 bits per heavy atom. The van der Waals surface area contributed by atoms with Crippen LogP contribution in [0.3, 0.4) is 0 Å². The third-order valence-electron chi connectivity index (χ3n) is 1.92. The number of aryl methyl sites for hydroxylation is 1. The smallest absolute Gasteiger partial charge is 0.222 e. The minimum atomic E-state index is -0.474. The van der Waals surface area contributed by atoms with Crippen LogP contribution in [-0.4, -0.2) is 15.1 Å². The lowest BCUT2D eigenvalue weighted by Crippen LogP contribution is -1.94. The van der Waals surface area contributed by atoms with E-state index >= 15 is 0 Å². The molecule has 6 heteroatoms. The second-order valence-electron chi connectivity index (χ2n) is 2.98. The first-order valence-corrected chi connectivity index (χ1v) is 5.88. The van der Waals surface area contributed by atoms with Crippen molar-refractivity contribution in [2.24, 2.45) is 0 Å². The fraction of sp³-hybridized carbons (Fsp3) is 0.111. The maximum Gasteiger partial charge on any atom is 0.222 e. The summed E-state index contributed by atoms with van der Waals surface area (Å²) in [4.78, 5) is 7.73. The fourth-order valence-electron chi connectivity index (χ4n) is 1.27. The molecule has 2 aromatic rings. The molecule has 1 heterocycles. The zero-order chi connectivity index (χ0) is 11.2. The SMILES string of the molecule is Cc1nc(O)c2cc(I)c(Br)c(F)c2n1. The summed E-state index contributed by atoms with van der Waals surface area (Å²) in [6, 6.07) is 1.64.